The van der Waals surface area contributed by atoms with Crippen LogP contribution in [0.4, 0.5) is 11.5 Å². The number of aromatic nitrogens is 2. The van der Waals surface area contributed by atoms with Gasteiger partial charge in [-0.1, -0.05) is 6.07 Å². The van der Waals surface area contributed by atoms with Gasteiger partial charge in [-0.3, -0.25) is 14.6 Å². The molecule has 1 aliphatic rings. The molecule has 0 radical (unpaired) electrons. The highest BCUT2D eigenvalue weighted by atomic mass is 16.3. The molecule has 0 spiro atoms. The molecule has 0 unspecified atom stereocenters. The van der Waals surface area contributed by atoms with E-state index in [0.29, 0.717) is 22.8 Å². The van der Waals surface area contributed by atoms with Crippen molar-refractivity contribution in [3.63, 3.8) is 0 Å². The quantitative estimate of drug-likeness (QED) is 0.613. The standard InChI is InChI=1S/C20H22N6O3/c1-26(6-7-27)19(28)12-23-16-8-14(4-5-15(16)9-21)17-10-24-18(11-22-17)25-20(29)13-2-3-13/h4-5,8,10-11,13,23,27H,2-3,6-7,12H2,1H3,(H,24,25,29). The Bertz CT molecular complexity index is 934. The largest absolute Gasteiger partial charge is 0.395 e. The second-order valence-corrected chi connectivity index (χ2v) is 6.82. The lowest BCUT2D eigenvalue weighted by molar-refractivity contribution is -0.128. The first-order valence-electron chi connectivity index (χ1n) is 9.28. The number of aliphatic hydroxyl groups excluding tert-OH is 1. The number of nitrogens with one attached hydrogen (secondary N) is 2. The van der Waals surface area contributed by atoms with Crippen molar-refractivity contribution >= 4 is 23.3 Å². The maximum absolute atomic E-state index is 12.1. The third-order valence-corrected chi connectivity index (χ3v) is 4.58. The molecule has 0 aliphatic heterocycles. The molecule has 1 heterocycles. The summed E-state index contributed by atoms with van der Waals surface area (Å²) in [4.78, 5) is 33.8. The van der Waals surface area contributed by atoms with Crippen LogP contribution in [0.1, 0.15) is 18.4 Å². The van der Waals surface area contributed by atoms with E-state index < -0.39 is 0 Å². The fourth-order valence-corrected chi connectivity index (χ4v) is 2.64. The number of likely N-dealkylation sites (N-methyl/N-ethyl adjacent to an activating group) is 1. The molecule has 0 bridgehead atoms. The van der Waals surface area contributed by atoms with Gasteiger partial charge in [-0.25, -0.2) is 4.98 Å². The average Bonchev–Trinajstić information content (AvgIpc) is 3.58. The highest BCUT2D eigenvalue weighted by molar-refractivity contribution is 5.93. The van der Waals surface area contributed by atoms with E-state index in [1.165, 1.54) is 11.1 Å². The first-order chi connectivity index (χ1) is 14.0. The monoisotopic (exact) mass is 394 g/mol. The van der Waals surface area contributed by atoms with Crippen LogP contribution in [0.15, 0.2) is 30.6 Å². The molecular weight excluding hydrogens is 372 g/mol. The summed E-state index contributed by atoms with van der Waals surface area (Å²) in [5, 5.41) is 23.9. The van der Waals surface area contributed by atoms with Crippen molar-refractivity contribution in [2.75, 3.05) is 37.4 Å². The molecule has 1 fully saturated rings. The zero-order valence-corrected chi connectivity index (χ0v) is 16.1. The molecule has 3 rings (SSSR count). The summed E-state index contributed by atoms with van der Waals surface area (Å²) in [6.45, 7) is 0.119. The Morgan fingerprint density at radius 2 is 2.10 bits per heavy atom. The lowest BCUT2D eigenvalue weighted by atomic mass is 10.1. The molecule has 1 aliphatic carbocycles. The number of nitriles is 1. The van der Waals surface area contributed by atoms with Gasteiger partial charge in [0.1, 0.15) is 6.07 Å². The van der Waals surface area contributed by atoms with Crippen molar-refractivity contribution < 1.29 is 14.7 Å². The Labute approximate surface area is 168 Å². The number of benzene rings is 1. The van der Waals surface area contributed by atoms with E-state index in [2.05, 4.69) is 26.7 Å². The molecule has 1 aromatic carbocycles. The molecule has 2 amide bonds. The highest BCUT2D eigenvalue weighted by Gasteiger charge is 2.29. The maximum atomic E-state index is 12.1. The van der Waals surface area contributed by atoms with E-state index in [9.17, 15) is 14.9 Å². The second kappa shape index (κ2) is 9.12. The van der Waals surface area contributed by atoms with Gasteiger partial charge >= 0.3 is 0 Å². The number of anilines is 2. The third kappa shape index (κ3) is 5.27. The predicted molar refractivity (Wildman–Crippen MR) is 107 cm³/mol. The number of hydrogen-bond acceptors (Lipinski definition) is 7. The zero-order chi connectivity index (χ0) is 20.8. The van der Waals surface area contributed by atoms with Crippen molar-refractivity contribution in [2.45, 2.75) is 12.8 Å². The van der Waals surface area contributed by atoms with Crippen LogP contribution in [-0.2, 0) is 9.59 Å². The lowest BCUT2D eigenvalue weighted by Crippen LogP contribution is -2.34. The van der Waals surface area contributed by atoms with E-state index in [-0.39, 0.29) is 37.4 Å². The minimum Gasteiger partial charge on any atom is -0.395 e. The van der Waals surface area contributed by atoms with Gasteiger partial charge in [0.2, 0.25) is 11.8 Å². The van der Waals surface area contributed by atoms with Gasteiger partial charge in [-0.15, -0.1) is 0 Å². The van der Waals surface area contributed by atoms with E-state index >= 15 is 0 Å². The van der Waals surface area contributed by atoms with Crippen molar-refractivity contribution in [2.24, 2.45) is 5.92 Å². The molecule has 2 aromatic rings. The molecule has 0 atom stereocenters. The Morgan fingerprint density at radius 3 is 2.72 bits per heavy atom. The van der Waals surface area contributed by atoms with Gasteiger partial charge in [0.05, 0.1) is 42.5 Å². The van der Waals surface area contributed by atoms with Crippen molar-refractivity contribution in [1.29, 1.82) is 5.26 Å². The summed E-state index contributed by atoms with van der Waals surface area (Å²) in [6, 6.07) is 7.20. The number of nitrogens with zero attached hydrogens (tertiary/aromatic N) is 4. The van der Waals surface area contributed by atoms with Crippen LogP contribution in [0.2, 0.25) is 0 Å². The topological polar surface area (TPSA) is 131 Å². The van der Waals surface area contributed by atoms with Crippen LogP contribution < -0.4 is 10.6 Å². The van der Waals surface area contributed by atoms with E-state index in [1.54, 1.807) is 31.4 Å². The molecular formula is C20H22N6O3. The lowest BCUT2D eigenvalue weighted by Gasteiger charge is -2.17. The fourth-order valence-electron chi connectivity index (χ4n) is 2.64. The summed E-state index contributed by atoms with van der Waals surface area (Å²) >= 11 is 0. The molecule has 1 saturated carbocycles. The summed E-state index contributed by atoms with van der Waals surface area (Å²) in [6.07, 6.45) is 4.87. The van der Waals surface area contributed by atoms with Crippen LogP contribution in [0, 0.1) is 17.2 Å². The minimum absolute atomic E-state index is 0.00749. The SMILES string of the molecule is CN(CCO)C(=O)CNc1cc(-c2cnc(NC(=O)C3CC3)cn2)ccc1C#N. The zero-order valence-electron chi connectivity index (χ0n) is 16.1. The van der Waals surface area contributed by atoms with E-state index in [0.717, 1.165) is 18.4 Å². The number of carbonyl (C=O) groups excluding carboxylic acids is 2. The Hall–Kier alpha value is -3.51. The molecule has 9 heteroatoms. The van der Waals surface area contributed by atoms with Crippen molar-refractivity contribution in [3.8, 4) is 17.3 Å². The maximum Gasteiger partial charge on any atom is 0.241 e. The van der Waals surface area contributed by atoms with Gasteiger partial charge in [0, 0.05) is 25.1 Å². The Morgan fingerprint density at radius 1 is 1.31 bits per heavy atom. The van der Waals surface area contributed by atoms with Crippen LogP contribution in [0.5, 0.6) is 0 Å². The number of aliphatic hydroxyl groups is 1. The average molecular weight is 394 g/mol. The first-order valence-corrected chi connectivity index (χ1v) is 9.28. The van der Waals surface area contributed by atoms with Gasteiger partial charge < -0.3 is 20.6 Å². The van der Waals surface area contributed by atoms with Crippen LogP contribution >= 0.6 is 0 Å². The number of rotatable bonds is 8. The fraction of sp³-hybridized carbons (Fsp3) is 0.350. The Balaban J connectivity index is 1.71. The minimum atomic E-state index is -0.205. The molecule has 3 N–H and O–H groups in total. The van der Waals surface area contributed by atoms with Gasteiger partial charge in [-0.2, -0.15) is 5.26 Å². The number of amides is 2. The number of carbonyl (C=O) groups is 2. The summed E-state index contributed by atoms with van der Waals surface area (Å²) in [7, 11) is 1.60. The summed E-state index contributed by atoms with van der Waals surface area (Å²) in [5.41, 5.74) is 2.19. The van der Waals surface area contributed by atoms with Gasteiger partial charge in [-0.05, 0) is 25.0 Å². The predicted octanol–water partition coefficient (Wildman–Crippen LogP) is 1.23. The molecule has 0 saturated heterocycles. The summed E-state index contributed by atoms with van der Waals surface area (Å²) < 4.78 is 0. The first kappa shape index (κ1) is 20.2. The summed E-state index contributed by atoms with van der Waals surface area (Å²) in [5.74, 6) is 0.245. The smallest absolute Gasteiger partial charge is 0.241 e. The van der Waals surface area contributed by atoms with Gasteiger partial charge in [0.25, 0.3) is 0 Å². The number of hydrogen-bond donors (Lipinski definition) is 3. The van der Waals surface area contributed by atoms with Crippen LogP contribution in [0.25, 0.3) is 11.3 Å². The van der Waals surface area contributed by atoms with Crippen molar-refractivity contribution in [1.82, 2.24) is 14.9 Å². The molecule has 9 nitrogen and oxygen atoms in total. The van der Waals surface area contributed by atoms with E-state index in [1.807, 2.05) is 0 Å². The van der Waals surface area contributed by atoms with Crippen LogP contribution in [-0.4, -0.2) is 58.5 Å². The normalized spacial score (nSPS) is 12.7. The highest BCUT2D eigenvalue weighted by Crippen LogP contribution is 2.30. The van der Waals surface area contributed by atoms with Crippen molar-refractivity contribution in [3.05, 3.63) is 36.2 Å². The molecule has 1 aromatic heterocycles. The third-order valence-electron chi connectivity index (χ3n) is 4.58. The Kier molecular flexibility index (Phi) is 6.36. The molecule has 150 valence electrons. The second-order valence-electron chi connectivity index (χ2n) is 6.82. The van der Waals surface area contributed by atoms with Gasteiger partial charge in [0.15, 0.2) is 5.82 Å². The van der Waals surface area contributed by atoms with Crippen LogP contribution in [0.3, 0.4) is 0 Å². The molecule has 29 heavy (non-hydrogen) atoms. The van der Waals surface area contributed by atoms with E-state index in [4.69, 9.17) is 5.11 Å².